The summed E-state index contributed by atoms with van der Waals surface area (Å²) < 4.78 is 0. The van der Waals surface area contributed by atoms with Crippen molar-refractivity contribution < 1.29 is 0 Å². The van der Waals surface area contributed by atoms with Gasteiger partial charge in [0, 0.05) is 19.8 Å². The molecule has 0 N–H and O–H groups in total. The lowest BCUT2D eigenvalue weighted by atomic mass is 9.97. The number of nitriles is 1. The molecule has 0 spiro atoms. The van der Waals surface area contributed by atoms with Crippen LogP contribution in [0.15, 0.2) is 18.2 Å². The standard InChI is InChI=1S/C12H16N2/c1-9(2)12-6-5-11(14(3)4)7-10(12)8-13/h5-7,9H,1-4H3. The fraction of sp³-hybridized carbons (Fsp3) is 0.417. The van der Waals surface area contributed by atoms with E-state index in [1.54, 1.807) is 0 Å². The average molecular weight is 188 g/mol. The van der Waals surface area contributed by atoms with E-state index in [-0.39, 0.29) is 0 Å². The first-order valence-electron chi connectivity index (χ1n) is 4.77. The third kappa shape index (κ3) is 2.05. The number of hydrogen-bond acceptors (Lipinski definition) is 2. The quantitative estimate of drug-likeness (QED) is 0.713. The summed E-state index contributed by atoms with van der Waals surface area (Å²) in [5, 5.41) is 9.01. The van der Waals surface area contributed by atoms with Crippen LogP contribution in [0.5, 0.6) is 0 Å². The zero-order valence-electron chi connectivity index (χ0n) is 9.20. The Kier molecular flexibility index (Phi) is 3.14. The molecule has 2 nitrogen and oxygen atoms in total. The number of benzene rings is 1. The number of anilines is 1. The van der Waals surface area contributed by atoms with E-state index in [9.17, 15) is 0 Å². The highest BCUT2D eigenvalue weighted by atomic mass is 15.1. The van der Waals surface area contributed by atoms with Gasteiger partial charge in [-0.1, -0.05) is 19.9 Å². The number of nitrogens with zero attached hydrogens (tertiary/aromatic N) is 2. The molecule has 0 atom stereocenters. The van der Waals surface area contributed by atoms with Crippen LogP contribution in [0.2, 0.25) is 0 Å². The van der Waals surface area contributed by atoms with E-state index in [1.165, 1.54) is 0 Å². The molecular formula is C12H16N2. The Bertz CT molecular complexity index is 359. The van der Waals surface area contributed by atoms with Crippen LogP contribution in [0.3, 0.4) is 0 Å². The molecule has 0 saturated carbocycles. The Hall–Kier alpha value is -1.49. The van der Waals surface area contributed by atoms with Gasteiger partial charge in [0.1, 0.15) is 0 Å². The van der Waals surface area contributed by atoms with Gasteiger partial charge in [0.2, 0.25) is 0 Å². The fourth-order valence-corrected chi connectivity index (χ4v) is 1.42. The highest BCUT2D eigenvalue weighted by Crippen LogP contribution is 2.23. The SMILES string of the molecule is CC(C)c1ccc(N(C)C)cc1C#N. The van der Waals surface area contributed by atoms with Crippen molar-refractivity contribution in [1.29, 1.82) is 5.26 Å². The molecule has 0 fully saturated rings. The molecule has 0 aliphatic heterocycles. The van der Waals surface area contributed by atoms with Gasteiger partial charge in [0.05, 0.1) is 11.6 Å². The second-order valence-corrected chi connectivity index (χ2v) is 3.93. The van der Waals surface area contributed by atoms with Crippen LogP contribution in [-0.4, -0.2) is 14.1 Å². The molecule has 0 amide bonds. The van der Waals surface area contributed by atoms with Crippen molar-refractivity contribution in [3.8, 4) is 6.07 Å². The van der Waals surface area contributed by atoms with Crippen molar-refractivity contribution in [2.24, 2.45) is 0 Å². The van der Waals surface area contributed by atoms with Gasteiger partial charge in [-0.2, -0.15) is 5.26 Å². The predicted octanol–water partition coefficient (Wildman–Crippen LogP) is 2.75. The molecule has 14 heavy (non-hydrogen) atoms. The summed E-state index contributed by atoms with van der Waals surface area (Å²) in [6, 6.07) is 8.28. The zero-order valence-corrected chi connectivity index (χ0v) is 9.20. The molecule has 0 aliphatic rings. The second kappa shape index (κ2) is 4.15. The molecule has 0 unspecified atom stereocenters. The molecule has 0 saturated heterocycles. The van der Waals surface area contributed by atoms with Gasteiger partial charge in [-0.3, -0.25) is 0 Å². The van der Waals surface area contributed by atoms with Crippen LogP contribution in [0.25, 0.3) is 0 Å². The first-order chi connectivity index (χ1) is 6.56. The van der Waals surface area contributed by atoms with Crippen LogP contribution in [-0.2, 0) is 0 Å². The Morgan fingerprint density at radius 1 is 1.29 bits per heavy atom. The van der Waals surface area contributed by atoms with E-state index in [0.29, 0.717) is 5.92 Å². The molecule has 1 aromatic rings. The second-order valence-electron chi connectivity index (χ2n) is 3.93. The van der Waals surface area contributed by atoms with Gasteiger partial charge in [-0.15, -0.1) is 0 Å². The van der Waals surface area contributed by atoms with Crippen molar-refractivity contribution in [2.75, 3.05) is 19.0 Å². The molecule has 1 rings (SSSR count). The highest BCUT2D eigenvalue weighted by Gasteiger charge is 2.07. The first-order valence-corrected chi connectivity index (χ1v) is 4.77. The molecule has 0 radical (unpaired) electrons. The molecule has 0 aromatic heterocycles. The summed E-state index contributed by atoms with van der Waals surface area (Å²) in [4.78, 5) is 2.00. The summed E-state index contributed by atoms with van der Waals surface area (Å²) in [5.74, 6) is 0.404. The van der Waals surface area contributed by atoms with Crippen LogP contribution < -0.4 is 4.90 Å². The van der Waals surface area contributed by atoms with Crippen LogP contribution >= 0.6 is 0 Å². The van der Waals surface area contributed by atoms with Gasteiger partial charge in [0.25, 0.3) is 0 Å². The summed E-state index contributed by atoms with van der Waals surface area (Å²) in [7, 11) is 3.96. The van der Waals surface area contributed by atoms with E-state index in [1.807, 2.05) is 31.1 Å². The minimum Gasteiger partial charge on any atom is -0.378 e. The van der Waals surface area contributed by atoms with Crippen molar-refractivity contribution >= 4 is 5.69 Å². The van der Waals surface area contributed by atoms with E-state index in [0.717, 1.165) is 16.8 Å². The maximum atomic E-state index is 9.01. The predicted molar refractivity (Wildman–Crippen MR) is 59.6 cm³/mol. The molecule has 2 heteroatoms. The summed E-state index contributed by atoms with van der Waals surface area (Å²) in [6.07, 6.45) is 0. The molecule has 0 bridgehead atoms. The van der Waals surface area contributed by atoms with Crippen LogP contribution in [0.1, 0.15) is 30.9 Å². The summed E-state index contributed by atoms with van der Waals surface area (Å²) >= 11 is 0. The number of hydrogen-bond donors (Lipinski definition) is 0. The van der Waals surface area contributed by atoms with Gasteiger partial charge in [-0.05, 0) is 23.6 Å². The van der Waals surface area contributed by atoms with E-state index < -0.39 is 0 Å². The summed E-state index contributed by atoms with van der Waals surface area (Å²) in [5.41, 5.74) is 2.98. The molecule has 74 valence electrons. The lowest BCUT2D eigenvalue weighted by Gasteiger charge is -2.15. The molecule has 0 heterocycles. The smallest absolute Gasteiger partial charge is 0.0995 e. The van der Waals surface area contributed by atoms with Crippen LogP contribution in [0, 0.1) is 11.3 Å². The third-order valence-corrected chi connectivity index (χ3v) is 2.30. The van der Waals surface area contributed by atoms with Crippen molar-refractivity contribution in [3.05, 3.63) is 29.3 Å². The van der Waals surface area contributed by atoms with E-state index >= 15 is 0 Å². The van der Waals surface area contributed by atoms with Gasteiger partial charge >= 0.3 is 0 Å². The van der Waals surface area contributed by atoms with Gasteiger partial charge < -0.3 is 4.90 Å². The van der Waals surface area contributed by atoms with Gasteiger partial charge in [-0.25, -0.2) is 0 Å². The first kappa shape index (κ1) is 10.6. The van der Waals surface area contributed by atoms with Crippen molar-refractivity contribution in [3.63, 3.8) is 0 Å². The Morgan fingerprint density at radius 3 is 2.36 bits per heavy atom. The summed E-state index contributed by atoms with van der Waals surface area (Å²) in [6.45, 7) is 4.21. The maximum absolute atomic E-state index is 9.01. The molecular weight excluding hydrogens is 172 g/mol. The Labute approximate surface area is 85.8 Å². The van der Waals surface area contributed by atoms with Gasteiger partial charge in [0.15, 0.2) is 0 Å². The minimum atomic E-state index is 0.404. The van der Waals surface area contributed by atoms with Crippen molar-refractivity contribution in [2.45, 2.75) is 19.8 Å². The Morgan fingerprint density at radius 2 is 1.93 bits per heavy atom. The lowest BCUT2D eigenvalue weighted by Crippen LogP contribution is -2.09. The van der Waals surface area contributed by atoms with Crippen molar-refractivity contribution in [1.82, 2.24) is 0 Å². The largest absolute Gasteiger partial charge is 0.378 e. The third-order valence-electron chi connectivity index (χ3n) is 2.30. The zero-order chi connectivity index (χ0) is 10.7. The van der Waals surface area contributed by atoms with Crippen LogP contribution in [0.4, 0.5) is 5.69 Å². The topological polar surface area (TPSA) is 27.0 Å². The average Bonchev–Trinajstić information content (AvgIpc) is 2.16. The molecule has 1 aromatic carbocycles. The fourth-order valence-electron chi connectivity index (χ4n) is 1.42. The minimum absolute atomic E-state index is 0.404. The highest BCUT2D eigenvalue weighted by molar-refractivity contribution is 5.54. The lowest BCUT2D eigenvalue weighted by molar-refractivity contribution is 0.862. The molecule has 0 aliphatic carbocycles. The monoisotopic (exact) mass is 188 g/mol. The number of rotatable bonds is 2. The maximum Gasteiger partial charge on any atom is 0.0995 e. The normalized spacial score (nSPS) is 10.0. The van der Waals surface area contributed by atoms with E-state index in [2.05, 4.69) is 26.0 Å². The van der Waals surface area contributed by atoms with E-state index in [4.69, 9.17) is 5.26 Å². The Balaban J connectivity index is 3.20.